The first-order chi connectivity index (χ1) is 8.09. The van der Waals surface area contributed by atoms with Crippen LogP contribution in [0.2, 0.25) is 5.02 Å². The smallest absolute Gasteiger partial charge is 0.269 e. The maximum Gasteiger partial charge on any atom is 0.269 e. The van der Waals surface area contributed by atoms with Gasteiger partial charge < -0.3 is 11.1 Å². The number of amides is 2. The Morgan fingerprint density at radius 2 is 2.18 bits per heavy atom. The summed E-state index contributed by atoms with van der Waals surface area (Å²) in [7, 11) is 0. The summed E-state index contributed by atoms with van der Waals surface area (Å²) in [6.45, 7) is 0.486. The first-order valence-corrected chi connectivity index (χ1v) is 5.65. The first kappa shape index (κ1) is 13.4. The summed E-state index contributed by atoms with van der Waals surface area (Å²) in [6, 6.07) is 3.10. The van der Waals surface area contributed by atoms with E-state index in [4.69, 9.17) is 17.3 Å². The van der Waals surface area contributed by atoms with Gasteiger partial charge in [0.15, 0.2) is 0 Å². The van der Waals surface area contributed by atoms with E-state index in [1.807, 2.05) is 0 Å². The van der Waals surface area contributed by atoms with Crippen LogP contribution in [0.15, 0.2) is 18.3 Å². The molecule has 2 amide bonds. The molecule has 0 aliphatic rings. The second-order valence-electron chi connectivity index (χ2n) is 3.54. The molecule has 1 heterocycles. The van der Waals surface area contributed by atoms with Crippen molar-refractivity contribution < 1.29 is 9.59 Å². The molecule has 0 saturated carbocycles. The first-order valence-electron chi connectivity index (χ1n) is 5.27. The van der Waals surface area contributed by atoms with E-state index < -0.39 is 0 Å². The lowest BCUT2D eigenvalue weighted by Crippen LogP contribution is -2.25. The van der Waals surface area contributed by atoms with Gasteiger partial charge in [-0.3, -0.25) is 14.6 Å². The molecule has 0 spiro atoms. The number of nitrogens with one attached hydrogen (secondary N) is 1. The second kappa shape index (κ2) is 6.85. The van der Waals surface area contributed by atoms with Crippen LogP contribution in [-0.2, 0) is 4.79 Å². The fourth-order valence-corrected chi connectivity index (χ4v) is 1.41. The van der Waals surface area contributed by atoms with Gasteiger partial charge in [0.25, 0.3) is 5.91 Å². The van der Waals surface area contributed by atoms with Gasteiger partial charge in [0, 0.05) is 24.2 Å². The lowest BCUT2D eigenvalue weighted by molar-refractivity contribution is -0.118. The zero-order valence-corrected chi connectivity index (χ0v) is 10.0. The van der Waals surface area contributed by atoms with Crippen molar-refractivity contribution in [2.75, 3.05) is 6.54 Å². The number of nitrogens with two attached hydrogens (primary N) is 1. The van der Waals surface area contributed by atoms with E-state index in [0.29, 0.717) is 30.8 Å². The predicted octanol–water partition coefficient (Wildman–Crippen LogP) is 1.12. The Kier molecular flexibility index (Phi) is 5.42. The van der Waals surface area contributed by atoms with Gasteiger partial charge in [-0.15, -0.1) is 0 Å². The molecule has 1 rings (SSSR count). The van der Waals surface area contributed by atoms with E-state index in [0.717, 1.165) is 0 Å². The van der Waals surface area contributed by atoms with Gasteiger partial charge in [0.1, 0.15) is 5.69 Å². The minimum atomic E-state index is -0.326. The van der Waals surface area contributed by atoms with Crippen LogP contribution in [0.3, 0.4) is 0 Å². The highest BCUT2D eigenvalue weighted by atomic mass is 35.5. The van der Waals surface area contributed by atoms with E-state index in [9.17, 15) is 9.59 Å². The van der Waals surface area contributed by atoms with Gasteiger partial charge in [-0.2, -0.15) is 0 Å². The number of hydrogen-bond donors (Lipinski definition) is 2. The number of halogens is 1. The molecular weight excluding hydrogens is 242 g/mol. The molecule has 0 unspecified atom stereocenters. The summed E-state index contributed by atoms with van der Waals surface area (Å²) >= 11 is 5.74. The van der Waals surface area contributed by atoms with Crippen LogP contribution in [0.4, 0.5) is 0 Å². The molecule has 0 aliphatic heterocycles. The lowest BCUT2D eigenvalue weighted by atomic mass is 10.2. The van der Waals surface area contributed by atoms with Crippen LogP contribution in [-0.4, -0.2) is 23.3 Å². The van der Waals surface area contributed by atoms with Crippen LogP contribution in [0, 0.1) is 0 Å². The van der Waals surface area contributed by atoms with Crippen molar-refractivity contribution >= 4 is 23.4 Å². The Morgan fingerprint density at radius 1 is 1.41 bits per heavy atom. The number of carbonyl (C=O) groups excluding carboxylic acids is 2. The predicted molar refractivity (Wildman–Crippen MR) is 64.6 cm³/mol. The Balaban J connectivity index is 2.28. The molecule has 0 bridgehead atoms. The minimum absolute atomic E-state index is 0.272. The SMILES string of the molecule is NC(=O)CCCCNC(=O)c1cc(Cl)ccn1. The van der Waals surface area contributed by atoms with Gasteiger partial charge in [-0.1, -0.05) is 11.6 Å². The van der Waals surface area contributed by atoms with E-state index in [2.05, 4.69) is 10.3 Å². The number of nitrogens with zero attached hydrogens (tertiary/aromatic N) is 1. The van der Waals surface area contributed by atoms with Crippen LogP contribution < -0.4 is 11.1 Å². The van der Waals surface area contributed by atoms with Crippen molar-refractivity contribution in [3.05, 3.63) is 29.0 Å². The Hall–Kier alpha value is -1.62. The molecule has 3 N–H and O–H groups in total. The summed E-state index contributed by atoms with van der Waals surface area (Å²) in [5.74, 6) is -0.598. The van der Waals surface area contributed by atoms with Crippen LogP contribution in [0.1, 0.15) is 29.8 Å². The van der Waals surface area contributed by atoms with Gasteiger partial charge in [0.2, 0.25) is 5.91 Å². The van der Waals surface area contributed by atoms with Crippen molar-refractivity contribution in [2.24, 2.45) is 5.73 Å². The van der Waals surface area contributed by atoms with Crippen molar-refractivity contribution in [3.8, 4) is 0 Å². The topological polar surface area (TPSA) is 85.1 Å². The monoisotopic (exact) mass is 255 g/mol. The quantitative estimate of drug-likeness (QED) is 0.747. The molecule has 5 nitrogen and oxygen atoms in total. The van der Waals surface area contributed by atoms with Gasteiger partial charge in [-0.25, -0.2) is 0 Å². The van der Waals surface area contributed by atoms with E-state index in [1.54, 1.807) is 6.07 Å². The molecule has 17 heavy (non-hydrogen) atoms. The van der Waals surface area contributed by atoms with Crippen LogP contribution in [0.5, 0.6) is 0 Å². The van der Waals surface area contributed by atoms with E-state index >= 15 is 0 Å². The highest BCUT2D eigenvalue weighted by Gasteiger charge is 2.06. The fourth-order valence-electron chi connectivity index (χ4n) is 1.25. The third-order valence-electron chi connectivity index (χ3n) is 2.09. The number of primary amides is 1. The summed E-state index contributed by atoms with van der Waals surface area (Å²) in [4.78, 5) is 25.9. The fraction of sp³-hybridized carbons (Fsp3) is 0.364. The average Bonchev–Trinajstić information content (AvgIpc) is 2.28. The summed E-state index contributed by atoms with van der Waals surface area (Å²) in [5, 5.41) is 3.16. The maximum atomic E-state index is 11.6. The van der Waals surface area contributed by atoms with Crippen molar-refractivity contribution in [1.82, 2.24) is 10.3 Å². The number of pyridine rings is 1. The third-order valence-corrected chi connectivity index (χ3v) is 2.33. The van der Waals surface area contributed by atoms with Crippen molar-refractivity contribution in [2.45, 2.75) is 19.3 Å². The number of carbonyl (C=O) groups is 2. The van der Waals surface area contributed by atoms with Crippen molar-refractivity contribution in [3.63, 3.8) is 0 Å². The van der Waals surface area contributed by atoms with Crippen LogP contribution >= 0.6 is 11.6 Å². The summed E-state index contributed by atoms with van der Waals surface area (Å²) in [6.07, 6.45) is 3.18. The second-order valence-corrected chi connectivity index (χ2v) is 3.98. The van der Waals surface area contributed by atoms with Gasteiger partial charge >= 0.3 is 0 Å². The molecule has 0 atom stereocenters. The lowest BCUT2D eigenvalue weighted by Gasteiger charge is -2.04. The van der Waals surface area contributed by atoms with Gasteiger partial charge in [0.05, 0.1) is 0 Å². The Bertz CT molecular complexity index is 409. The molecule has 6 heteroatoms. The molecule has 1 aromatic rings. The molecule has 1 aromatic heterocycles. The largest absolute Gasteiger partial charge is 0.370 e. The number of aromatic nitrogens is 1. The normalized spacial score (nSPS) is 9.94. The average molecular weight is 256 g/mol. The Morgan fingerprint density at radius 3 is 2.82 bits per heavy atom. The molecule has 0 radical (unpaired) electrons. The van der Waals surface area contributed by atoms with E-state index in [1.165, 1.54) is 12.3 Å². The number of unbranched alkanes of at least 4 members (excludes halogenated alkanes) is 1. The van der Waals surface area contributed by atoms with Crippen LogP contribution in [0.25, 0.3) is 0 Å². The minimum Gasteiger partial charge on any atom is -0.370 e. The standard InChI is InChI=1S/C11H14ClN3O2/c12-8-4-6-14-9(7-8)11(17)15-5-2-1-3-10(13)16/h4,6-7H,1-3,5H2,(H2,13,16)(H,15,17). The number of rotatable bonds is 6. The van der Waals surface area contributed by atoms with Crippen molar-refractivity contribution in [1.29, 1.82) is 0 Å². The zero-order chi connectivity index (χ0) is 12.7. The zero-order valence-electron chi connectivity index (χ0n) is 9.28. The highest BCUT2D eigenvalue weighted by molar-refractivity contribution is 6.30. The maximum absolute atomic E-state index is 11.6. The number of hydrogen-bond acceptors (Lipinski definition) is 3. The Labute approximate surface area is 104 Å². The summed E-state index contributed by atoms with van der Waals surface area (Å²) in [5.41, 5.74) is 5.28. The molecule has 0 saturated heterocycles. The summed E-state index contributed by atoms with van der Waals surface area (Å²) < 4.78 is 0. The van der Waals surface area contributed by atoms with Gasteiger partial charge in [-0.05, 0) is 25.0 Å². The molecule has 92 valence electrons. The molecule has 0 aromatic carbocycles. The highest BCUT2D eigenvalue weighted by Crippen LogP contribution is 2.07. The molecule has 0 aliphatic carbocycles. The molecular formula is C11H14ClN3O2. The third kappa shape index (κ3) is 5.31. The molecule has 0 fully saturated rings. The van der Waals surface area contributed by atoms with E-state index in [-0.39, 0.29) is 17.5 Å².